The van der Waals surface area contributed by atoms with E-state index in [2.05, 4.69) is 25.6 Å². The molecule has 0 aromatic carbocycles. The van der Waals surface area contributed by atoms with E-state index in [0.717, 1.165) is 23.0 Å². The van der Waals surface area contributed by atoms with Crippen molar-refractivity contribution in [3.8, 4) is 0 Å². The van der Waals surface area contributed by atoms with Gasteiger partial charge in [0.1, 0.15) is 16.6 Å². The Morgan fingerprint density at radius 1 is 1.16 bits per heavy atom. The van der Waals surface area contributed by atoms with Gasteiger partial charge in [-0.15, -0.1) is 11.3 Å². The van der Waals surface area contributed by atoms with Gasteiger partial charge >= 0.3 is 0 Å². The van der Waals surface area contributed by atoms with Crippen molar-refractivity contribution in [1.82, 2.24) is 15.0 Å². The first-order valence-electron chi connectivity index (χ1n) is 6.62. The molecule has 0 spiro atoms. The van der Waals surface area contributed by atoms with E-state index in [9.17, 15) is 0 Å². The Bertz CT molecular complexity index is 569. The average molecular weight is 274 g/mol. The molecule has 0 aliphatic heterocycles. The molecule has 1 N–H and O–H groups in total. The third-order valence-electron chi connectivity index (χ3n) is 3.27. The lowest BCUT2D eigenvalue weighted by Gasteiger charge is -2.17. The lowest BCUT2D eigenvalue weighted by atomic mass is 10.2. The third kappa shape index (κ3) is 2.92. The largest absolute Gasteiger partial charge is 0.360 e. The number of aryl methyl sites for hydroxylation is 3. The second kappa shape index (κ2) is 4.89. The van der Waals surface area contributed by atoms with Crippen LogP contribution in [0.1, 0.15) is 41.1 Å². The van der Waals surface area contributed by atoms with Gasteiger partial charge in [0.2, 0.25) is 0 Å². The maximum atomic E-state index is 4.63. The Morgan fingerprint density at radius 3 is 2.53 bits per heavy atom. The topological polar surface area (TPSA) is 50.7 Å². The normalized spacial score (nSPS) is 16.4. The first-order chi connectivity index (χ1) is 9.11. The third-order valence-corrected chi connectivity index (χ3v) is 4.31. The predicted molar refractivity (Wildman–Crippen MR) is 77.4 cm³/mol. The van der Waals surface area contributed by atoms with Crippen LogP contribution in [-0.4, -0.2) is 15.0 Å². The van der Waals surface area contributed by atoms with Gasteiger partial charge in [-0.2, -0.15) is 0 Å². The molecule has 1 saturated carbocycles. The Labute approximate surface area is 117 Å². The van der Waals surface area contributed by atoms with Crippen LogP contribution in [0.15, 0.2) is 11.4 Å². The van der Waals surface area contributed by atoms with Crippen LogP contribution >= 0.6 is 11.3 Å². The van der Waals surface area contributed by atoms with E-state index in [-0.39, 0.29) is 0 Å². The van der Waals surface area contributed by atoms with Crippen molar-refractivity contribution < 1.29 is 0 Å². The summed E-state index contributed by atoms with van der Waals surface area (Å²) in [6.45, 7) is 5.97. The van der Waals surface area contributed by atoms with Crippen molar-refractivity contribution in [3.63, 3.8) is 0 Å². The van der Waals surface area contributed by atoms with Crippen LogP contribution in [0.4, 0.5) is 5.82 Å². The van der Waals surface area contributed by atoms with Gasteiger partial charge in [-0.1, -0.05) is 0 Å². The standard InChI is InChI=1S/C14H18N4S/c1-8-6-12(17-10(3)15-8)18-13(11-4-5-11)14-16-9(2)7-19-14/h6-7,11,13H,4-5H2,1-3H3,(H,15,17,18)/t13-/m1/s1. The van der Waals surface area contributed by atoms with Gasteiger partial charge in [0.05, 0.1) is 6.04 Å². The molecule has 1 aliphatic rings. The van der Waals surface area contributed by atoms with E-state index in [4.69, 9.17) is 0 Å². The molecule has 0 bridgehead atoms. The fourth-order valence-corrected chi connectivity index (χ4v) is 3.21. The molecule has 3 rings (SSSR count). The molecule has 1 atom stereocenters. The van der Waals surface area contributed by atoms with Gasteiger partial charge in [-0.05, 0) is 39.5 Å². The Balaban J connectivity index is 1.85. The highest BCUT2D eigenvalue weighted by atomic mass is 32.1. The molecule has 2 aromatic rings. The van der Waals surface area contributed by atoms with Gasteiger partial charge in [-0.3, -0.25) is 0 Å². The van der Waals surface area contributed by atoms with Crippen molar-refractivity contribution >= 4 is 17.2 Å². The van der Waals surface area contributed by atoms with Gasteiger partial charge in [0.25, 0.3) is 0 Å². The number of rotatable bonds is 4. The smallest absolute Gasteiger partial charge is 0.130 e. The van der Waals surface area contributed by atoms with Crippen LogP contribution in [0.25, 0.3) is 0 Å². The zero-order valence-electron chi connectivity index (χ0n) is 11.5. The van der Waals surface area contributed by atoms with Crippen molar-refractivity contribution in [2.75, 3.05) is 5.32 Å². The minimum Gasteiger partial charge on any atom is -0.360 e. The second-order valence-corrected chi connectivity index (χ2v) is 6.12. The molecule has 19 heavy (non-hydrogen) atoms. The fraction of sp³-hybridized carbons (Fsp3) is 0.500. The Morgan fingerprint density at radius 2 is 1.95 bits per heavy atom. The van der Waals surface area contributed by atoms with Gasteiger partial charge in [0.15, 0.2) is 0 Å². The van der Waals surface area contributed by atoms with Gasteiger partial charge in [-0.25, -0.2) is 15.0 Å². The summed E-state index contributed by atoms with van der Waals surface area (Å²) >= 11 is 1.74. The minimum absolute atomic E-state index is 0.299. The van der Waals surface area contributed by atoms with Crippen LogP contribution < -0.4 is 5.32 Å². The minimum atomic E-state index is 0.299. The summed E-state index contributed by atoms with van der Waals surface area (Å²) in [5.74, 6) is 2.42. The van der Waals surface area contributed by atoms with E-state index < -0.39 is 0 Å². The predicted octanol–water partition coefficient (Wildman–Crippen LogP) is 3.42. The number of nitrogens with one attached hydrogen (secondary N) is 1. The van der Waals surface area contributed by atoms with Crippen LogP contribution in [-0.2, 0) is 0 Å². The van der Waals surface area contributed by atoms with E-state index in [1.807, 2.05) is 26.8 Å². The number of anilines is 1. The zero-order valence-corrected chi connectivity index (χ0v) is 12.3. The number of hydrogen-bond donors (Lipinski definition) is 1. The Hall–Kier alpha value is -1.49. The first-order valence-corrected chi connectivity index (χ1v) is 7.50. The number of nitrogens with zero attached hydrogens (tertiary/aromatic N) is 3. The SMILES string of the molecule is Cc1cc(N[C@@H](c2nc(C)cs2)C2CC2)nc(C)n1. The second-order valence-electron chi connectivity index (χ2n) is 5.23. The lowest BCUT2D eigenvalue weighted by molar-refractivity contribution is 0.667. The molecular weight excluding hydrogens is 256 g/mol. The zero-order chi connectivity index (χ0) is 13.4. The molecular formula is C14H18N4S. The lowest BCUT2D eigenvalue weighted by Crippen LogP contribution is -2.14. The molecule has 0 unspecified atom stereocenters. The maximum Gasteiger partial charge on any atom is 0.130 e. The Kier molecular flexibility index (Phi) is 3.22. The summed E-state index contributed by atoms with van der Waals surface area (Å²) < 4.78 is 0. The average Bonchev–Trinajstić information content (AvgIpc) is 3.07. The van der Waals surface area contributed by atoms with Crippen molar-refractivity contribution in [2.45, 2.75) is 39.7 Å². The van der Waals surface area contributed by atoms with Crippen molar-refractivity contribution in [3.05, 3.63) is 33.7 Å². The molecule has 0 amide bonds. The molecule has 1 fully saturated rings. The van der Waals surface area contributed by atoms with Crippen LogP contribution in [0.3, 0.4) is 0 Å². The molecule has 2 heterocycles. The number of hydrogen-bond acceptors (Lipinski definition) is 5. The van der Waals surface area contributed by atoms with Crippen LogP contribution in [0.5, 0.6) is 0 Å². The molecule has 1 aliphatic carbocycles. The van der Waals surface area contributed by atoms with Crippen molar-refractivity contribution in [1.29, 1.82) is 0 Å². The summed E-state index contributed by atoms with van der Waals surface area (Å²) in [5.41, 5.74) is 2.10. The van der Waals surface area contributed by atoms with Crippen LogP contribution in [0.2, 0.25) is 0 Å². The summed E-state index contributed by atoms with van der Waals surface area (Å²) in [7, 11) is 0. The summed E-state index contributed by atoms with van der Waals surface area (Å²) in [6, 6.07) is 2.30. The molecule has 100 valence electrons. The molecule has 2 aromatic heterocycles. The van der Waals surface area contributed by atoms with Gasteiger partial charge < -0.3 is 5.32 Å². The summed E-state index contributed by atoms with van der Waals surface area (Å²) in [6.07, 6.45) is 2.55. The first kappa shape index (κ1) is 12.5. The number of thiazole rings is 1. The molecule has 0 radical (unpaired) electrons. The summed E-state index contributed by atoms with van der Waals surface area (Å²) in [4.78, 5) is 13.4. The highest BCUT2D eigenvalue weighted by molar-refractivity contribution is 7.09. The van der Waals surface area contributed by atoms with E-state index in [1.54, 1.807) is 11.3 Å². The fourth-order valence-electron chi connectivity index (χ4n) is 2.28. The molecule has 0 saturated heterocycles. The highest BCUT2D eigenvalue weighted by Gasteiger charge is 2.34. The quantitative estimate of drug-likeness (QED) is 0.928. The van der Waals surface area contributed by atoms with Gasteiger partial charge in [0, 0.05) is 22.8 Å². The van der Waals surface area contributed by atoms with Crippen LogP contribution in [0, 0.1) is 26.7 Å². The van der Waals surface area contributed by atoms with E-state index in [1.165, 1.54) is 17.8 Å². The van der Waals surface area contributed by atoms with E-state index in [0.29, 0.717) is 12.0 Å². The summed E-state index contributed by atoms with van der Waals surface area (Å²) in [5, 5.41) is 6.84. The molecule has 4 nitrogen and oxygen atoms in total. The van der Waals surface area contributed by atoms with Crippen molar-refractivity contribution in [2.24, 2.45) is 5.92 Å². The monoisotopic (exact) mass is 274 g/mol. The maximum absolute atomic E-state index is 4.63. The highest BCUT2D eigenvalue weighted by Crippen LogP contribution is 2.43. The van der Waals surface area contributed by atoms with E-state index >= 15 is 0 Å². The number of aromatic nitrogens is 3. The molecule has 5 heteroatoms.